The molecule has 3 N–H and O–H groups in total. The van der Waals surface area contributed by atoms with Gasteiger partial charge in [-0.2, -0.15) is 9.97 Å². The number of benzene rings is 3. The number of phenols is 1. The number of piperidine rings is 3. The number of carbonyl (C=O) groups excluding carboxylic acids is 2. The van der Waals surface area contributed by atoms with Crippen LogP contribution in [0.2, 0.25) is 0 Å². The third kappa shape index (κ3) is 8.93. The molecular weight excluding hydrogens is 947 g/mol. The highest BCUT2D eigenvalue weighted by Gasteiger charge is 2.50. The fourth-order valence-corrected chi connectivity index (χ4v) is 13.4. The Balaban J connectivity index is 0.670. The normalized spacial score (nSPS) is 23.5. The summed E-state index contributed by atoms with van der Waals surface area (Å²) in [5, 5.41) is 25.7. The van der Waals surface area contributed by atoms with Crippen molar-refractivity contribution in [3.05, 3.63) is 76.3 Å². The molecule has 1 unspecified atom stereocenters. The fourth-order valence-electron chi connectivity index (χ4n) is 13.4. The van der Waals surface area contributed by atoms with Crippen LogP contribution >= 0.6 is 0 Å². The number of nitrogens with one attached hydrogen (secondary N) is 1. The molecule has 0 radical (unpaired) electrons. The number of anilines is 2. The van der Waals surface area contributed by atoms with E-state index in [1.54, 1.807) is 36.9 Å². The second-order valence-corrected chi connectivity index (χ2v) is 23.0. The number of fused-ring (bicyclic) bond motifs is 3. The van der Waals surface area contributed by atoms with Crippen LogP contribution in [0.3, 0.4) is 0 Å². The predicted octanol–water partition coefficient (Wildman–Crippen LogP) is 6.85. The average molecular weight is 1010 g/mol. The van der Waals surface area contributed by atoms with E-state index >= 15 is 8.78 Å². The van der Waals surface area contributed by atoms with E-state index in [-0.39, 0.29) is 52.0 Å². The Morgan fingerprint density at radius 1 is 0.878 bits per heavy atom. The number of β-amino-alcohol motifs (C(OH)–C–C–N with tert-alkyl or cyclic N) is 1. The highest BCUT2D eigenvalue weighted by molar-refractivity contribution is 6.02. The number of imide groups is 1. The molecule has 6 aromatic rings. The first-order valence-electron chi connectivity index (χ1n) is 26.7. The molecule has 12 rings (SSSR count). The minimum absolute atomic E-state index is 0.0176. The number of rotatable bonds is 12. The maximum atomic E-state index is 17.2. The summed E-state index contributed by atoms with van der Waals surface area (Å²) >= 11 is 0. The molecule has 3 aromatic heterocycles. The van der Waals surface area contributed by atoms with E-state index in [1.807, 2.05) is 24.0 Å². The number of carbonyl (C=O) groups is 2. The average Bonchev–Trinajstić information content (AvgIpc) is 4.10. The van der Waals surface area contributed by atoms with Crippen molar-refractivity contribution in [1.82, 2.24) is 39.2 Å². The van der Waals surface area contributed by atoms with Gasteiger partial charge in [0.25, 0.3) is 0 Å². The second kappa shape index (κ2) is 18.5. The van der Waals surface area contributed by atoms with Crippen LogP contribution in [0.1, 0.15) is 89.7 Å². The lowest BCUT2D eigenvalue weighted by molar-refractivity contribution is -0.135. The van der Waals surface area contributed by atoms with E-state index in [0.717, 1.165) is 82.8 Å². The van der Waals surface area contributed by atoms with Gasteiger partial charge in [-0.1, -0.05) is 13.0 Å². The molecule has 6 fully saturated rings. The Morgan fingerprint density at radius 2 is 1.66 bits per heavy atom. The largest absolute Gasteiger partial charge is 0.508 e. The third-order valence-corrected chi connectivity index (χ3v) is 17.6. The Bertz CT molecular complexity index is 3270. The number of aliphatic hydroxyl groups is 1. The van der Waals surface area contributed by atoms with E-state index in [1.165, 1.54) is 42.4 Å². The Labute approximate surface area is 428 Å². The molecule has 2 atom stereocenters. The van der Waals surface area contributed by atoms with Crippen LogP contribution in [0.25, 0.3) is 44.0 Å². The number of ether oxygens (including phenoxy) is 1. The molecule has 2 amide bonds. The van der Waals surface area contributed by atoms with Gasteiger partial charge in [-0.3, -0.25) is 33.9 Å². The molecule has 7 heterocycles. The van der Waals surface area contributed by atoms with Crippen molar-refractivity contribution >= 4 is 56.0 Å². The topological polar surface area (TPSA) is 174 Å². The molecule has 74 heavy (non-hydrogen) atoms. The van der Waals surface area contributed by atoms with Gasteiger partial charge in [0.2, 0.25) is 11.8 Å². The molecule has 0 bridgehead atoms. The zero-order chi connectivity index (χ0) is 51.3. The number of phenolic OH excluding ortho intramolecular Hbond substituents is 1. The summed E-state index contributed by atoms with van der Waals surface area (Å²) in [5.41, 5.74) is 2.34. The molecule has 6 aliphatic rings. The van der Waals surface area contributed by atoms with Gasteiger partial charge < -0.3 is 29.6 Å². The van der Waals surface area contributed by atoms with E-state index < -0.39 is 29.2 Å². The van der Waals surface area contributed by atoms with E-state index in [4.69, 9.17) is 14.7 Å². The molecule has 18 heteroatoms. The maximum absolute atomic E-state index is 17.2. The number of aromatic hydroxyl groups is 1. The molecular formula is C56H66F2N10O6. The summed E-state index contributed by atoms with van der Waals surface area (Å²) in [4.78, 5) is 61.5. The quantitative estimate of drug-likeness (QED) is 0.109. The van der Waals surface area contributed by atoms with Crippen molar-refractivity contribution in [3.63, 3.8) is 0 Å². The highest BCUT2D eigenvalue weighted by atomic mass is 19.1. The summed E-state index contributed by atoms with van der Waals surface area (Å²) in [6, 6.07) is 11.3. The monoisotopic (exact) mass is 1010 g/mol. The lowest BCUT2D eigenvalue weighted by Crippen LogP contribution is -2.53. The molecule has 16 nitrogen and oxygen atoms in total. The van der Waals surface area contributed by atoms with Crippen molar-refractivity contribution in [3.8, 4) is 23.0 Å². The van der Waals surface area contributed by atoms with Crippen LogP contribution < -0.4 is 25.5 Å². The number of nitrogens with zero attached hydrogens (tertiary/aromatic N) is 9. The summed E-state index contributed by atoms with van der Waals surface area (Å²) in [5.74, 6) is -0.797. The molecule has 3 aromatic carbocycles. The van der Waals surface area contributed by atoms with Crippen LogP contribution in [-0.4, -0.2) is 134 Å². The number of pyridine rings is 1. The first-order valence-corrected chi connectivity index (χ1v) is 26.7. The van der Waals surface area contributed by atoms with Crippen molar-refractivity contribution in [2.45, 2.75) is 96.1 Å². The second-order valence-electron chi connectivity index (χ2n) is 23.0. The van der Waals surface area contributed by atoms with Crippen molar-refractivity contribution in [1.29, 1.82) is 0 Å². The van der Waals surface area contributed by atoms with Gasteiger partial charge in [0.15, 0.2) is 5.82 Å². The number of amides is 2. The van der Waals surface area contributed by atoms with Crippen molar-refractivity contribution in [2.24, 2.45) is 23.8 Å². The van der Waals surface area contributed by atoms with Gasteiger partial charge >= 0.3 is 11.7 Å². The first kappa shape index (κ1) is 48.7. The van der Waals surface area contributed by atoms with E-state index in [0.29, 0.717) is 83.3 Å². The summed E-state index contributed by atoms with van der Waals surface area (Å²) in [7, 11) is 1.74. The summed E-state index contributed by atoms with van der Waals surface area (Å²) in [6.07, 6.45) is 10.7. The van der Waals surface area contributed by atoms with Gasteiger partial charge in [-0.05, 0) is 148 Å². The predicted molar refractivity (Wildman–Crippen MR) is 279 cm³/mol. The highest BCUT2D eigenvalue weighted by Crippen LogP contribution is 2.54. The number of piperazine rings is 1. The molecule has 2 saturated carbocycles. The van der Waals surface area contributed by atoms with Crippen LogP contribution in [0.15, 0.2) is 53.5 Å². The zero-order valence-corrected chi connectivity index (χ0v) is 42.6. The van der Waals surface area contributed by atoms with Crippen LogP contribution in [0, 0.1) is 28.4 Å². The van der Waals surface area contributed by atoms with Gasteiger partial charge in [-0.15, -0.1) is 0 Å². The number of imidazole rings is 1. The minimum Gasteiger partial charge on any atom is -0.508 e. The molecule has 2 aliphatic carbocycles. The summed E-state index contributed by atoms with van der Waals surface area (Å²) in [6.45, 7) is 12.9. The van der Waals surface area contributed by atoms with Gasteiger partial charge in [0, 0.05) is 88.7 Å². The third-order valence-electron chi connectivity index (χ3n) is 17.6. The number of halogens is 2. The first-order chi connectivity index (χ1) is 35.6. The van der Waals surface area contributed by atoms with Gasteiger partial charge in [0.05, 0.1) is 28.6 Å². The zero-order valence-electron chi connectivity index (χ0n) is 42.6. The van der Waals surface area contributed by atoms with E-state index in [2.05, 4.69) is 31.1 Å². The Morgan fingerprint density at radius 3 is 2.39 bits per heavy atom. The molecule has 390 valence electrons. The minimum atomic E-state index is -0.964. The van der Waals surface area contributed by atoms with Crippen LogP contribution in [-0.2, 0) is 23.1 Å². The smallest absolute Gasteiger partial charge is 0.329 e. The lowest BCUT2D eigenvalue weighted by atomic mass is 9.57. The number of hydrogen-bond acceptors (Lipinski definition) is 13. The van der Waals surface area contributed by atoms with Gasteiger partial charge in [-0.25, -0.2) is 13.6 Å². The Hall–Kier alpha value is -6.24. The SMILES string of the molecule is CCc1c(F)ccc2cc(O)cc(-c3ncc4c(N5CCC[C@@](C)(O)C5)nc(OCC5(CN6CCC7(CC6)CC(CN6CCN(c8ccc9c(c8)n(C)c(=O)n9C8CCC(=O)NC8=O)CC6)C7)CC5)nc4c3F)c12. The van der Waals surface area contributed by atoms with Gasteiger partial charge in [0.1, 0.15) is 34.6 Å². The molecule has 1 spiro atoms. The van der Waals surface area contributed by atoms with E-state index in [9.17, 15) is 24.6 Å². The maximum Gasteiger partial charge on any atom is 0.329 e. The van der Waals surface area contributed by atoms with Crippen molar-refractivity contribution in [2.75, 3.05) is 81.9 Å². The molecule has 4 saturated heterocycles. The van der Waals surface area contributed by atoms with Crippen LogP contribution in [0.5, 0.6) is 11.8 Å². The number of aromatic nitrogens is 5. The number of likely N-dealkylation sites (tertiary alicyclic amines) is 1. The molecule has 4 aliphatic heterocycles. The number of hydrogen-bond donors (Lipinski definition) is 3. The fraction of sp³-hybridized carbons (Fsp3) is 0.536. The Kier molecular flexibility index (Phi) is 12.2. The van der Waals surface area contributed by atoms with Crippen molar-refractivity contribution < 1.29 is 33.3 Å². The van der Waals surface area contributed by atoms with Crippen LogP contribution in [0.4, 0.5) is 20.3 Å². The lowest BCUT2D eigenvalue weighted by Gasteiger charge is -2.54. The summed E-state index contributed by atoms with van der Waals surface area (Å²) < 4.78 is 42.0. The number of aryl methyl sites for hydroxylation is 2. The standard InChI is InChI=1S/C56H66F2N10O6/c1-4-38-41(57)8-6-35-24-37(69)26-39(46(35)38)48-47(58)49-40(29-59-48)50(67-17-5-12-54(2,73)31-67)62-52(61-49)74-33-56(13-14-56)32-65-18-15-55(16-19-65)27-34(28-55)30-64-20-22-66(23-21-64)36-7-9-42-44(25-36)63(3)53(72)68(42)43-10-11-45(70)60-51(43)71/h6-9,24-26,29,34,43,69,73H,4-5,10-23,27-28,30-33H2,1-3H3,(H,60,70,71)/t43?,54-/m1/s1.